The maximum absolute atomic E-state index is 13.4. The Bertz CT molecular complexity index is 1090. The van der Waals surface area contributed by atoms with E-state index < -0.39 is 24.1 Å². The van der Waals surface area contributed by atoms with Gasteiger partial charge in [0.05, 0.1) is 29.1 Å². The molecule has 2 aliphatic heterocycles. The fraction of sp³-hybridized carbons (Fsp3) is 0.607. The van der Waals surface area contributed by atoms with Gasteiger partial charge in [0.15, 0.2) is 0 Å². The summed E-state index contributed by atoms with van der Waals surface area (Å²) in [5, 5.41) is 26.9. The van der Waals surface area contributed by atoms with Gasteiger partial charge in [-0.1, -0.05) is 32.9 Å². The zero-order valence-electron chi connectivity index (χ0n) is 23.0. The number of nitrogens with zero attached hydrogens (tertiary/aromatic N) is 3. The van der Waals surface area contributed by atoms with Gasteiger partial charge in [0, 0.05) is 63.4 Å². The average Bonchev–Trinajstić information content (AvgIpc) is 3.62. The first kappa shape index (κ1) is 29.4. The summed E-state index contributed by atoms with van der Waals surface area (Å²) in [6.45, 7) is 10.6. The monoisotopic (exact) mass is 559 g/mol. The second-order valence-corrected chi connectivity index (χ2v) is 11.6. The zero-order chi connectivity index (χ0) is 27.9. The first-order valence-corrected chi connectivity index (χ1v) is 14.6. The highest BCUT2D eigenvalue weighted by atomic mass is 32.1. The Hall–Kier alpha value is -2.57. The lowest BCUT2D eigenvalue weighted by molar-refractivity contribution is -0.142. The Kier molecular flexibility index (Phi) is 10.3. The van der Waals surface area contributed by atoms with Crippen molar-refractivity contribution in [2.45, 2.75) is 45.4 Å². The number of hydrogen-bond acceptors (Lipinski definition) is 9. The number of hydrogen-bond donors (Lipinski definition) is 4. The predicted octanol–water partition coefficient (Wildman–Crippen LogP) is 1.50. The summed E-state index contributed by atoms with van der Waals surface area (Å²) >= 11 is 1.52. The van der Waals surface area contributed by atoms with E-state index in [-0.39, 0.29) is 37.3 Å². The van der Waals surface area contributed by atoms with Gasteiger partial charge in [-0.3, -0.25) is 19.5 Å². The number of aliphatic hydroxyl groups is 2. The molecule has 2 fully saturated rings. The number of β-amino-alcohol motifs (C(OH)–C–C–N with tert-alkyl or cyclic N) is 1. The minimum Gasteiger partial charge on any atom is -0.492 e. The van der Waals surface area contributed by atoms with Crippen LogP contribution in [-0.4, -0.2) is 101 Å². The lowest BCUT2D eigenvalue weighted by Gasteiger charge is -2.30. The van der Waals surface area contributed by atoms with Crippen molar-refractivity contribution >= 4 is 23.2 Å². The second-order valence-electron chi connectivity index (χ2n) is 10.7. The van der Waals surface area contributed by atoms with Crippen LogP contribution >= 0.6 is 11.3 Å². The van der Waals surface area contributed by atoms with Crippen molar-refractivity contribution in [3.05, 3.63) is 35.5 Å². The van der Waals surface area contributed by atoms with E-state index in [9.17, 15) is 19.8 Å². The highest BCUT2D eigenvalue weighted by molar-refractivity contribution is 7.13. The van der Waals surface area contributed by atoms with Gasteiger partial charge in [0.25, 0.3) is 0 Å². The van der Waals surface area contributed by atoms with Gasteiger partial charge in [0.2, 0.25) is 11.8 Å². The normalized spacial score (nSPS) is 21.6. The number of carbonyl (C=O) groups is 2. The number of amides is 2. The molecule has 11 heteroatoms. The van der Waals surface area contributed by atoms with Crippen LogP contribution in [-0.2, 0) is 9.59 Å². The van der Waals surface area contributed by atoms with Crippen LogP contribution in [0.3, 0.4) is 0 Å². The second kappa shape index (κ2) is 13.7. The van der Waals surface area contributed by atoms with E-state index in [0.29, 0.717) is 17.9 Å². The Morgan fingerprint density at radius 2 is 2.03 bits per heavy atom. The topological polar surface area (TPSA) is 127 Å². The molecule has 2 aromatic rings. The summed E-state index contributed by atoms with van der Waals surface area (Å²) in [5.41, 5.74) is 3.37. The molecule has 0 bridgehead atoms. The number of piperazine rings is 1. The molecular weight excluding hydrogens is 518 g/mol. The van der Waals surface area contributed by atoms with E-state index in [2.05, 4.69) is 20.5 Å². The highest BCUT2D eigenvalue weighted by Gasteiger charge is 2.41. The van der Waals surface area contributed by atoms with Crippen molar-refractivity contribution in [2.24, 2.45) is 11.8 Å². The fourth-order valence-electron chi connectivity index (χ4n) is 5.02. The Morgan fingerprint density at radius 1 is 1.26 bits per heavy atom. The molecule has 0 radical (unpaired) electrons. The van der Waals surface area contributed by atoms with E-state index >= 15 is 0 Å². The number of aromatic nitrogens is 1. The van der Waals surface area contributed by atoms with E-state index in [1.54, 1.807) is 11.7 Å². The average molecular weight is 560 g/mol. The van der Waals surface area contributed by atoms with Crippen LogP contribution < -0.4 is 15.4 Å². The Labute approximate surface area is 234 Å². The number of carbonyl (C=O) groups excluding carboxylic acids is 2. The van der Waals surface area contributed by atoms with Crippen LogP contribution in [0.15, 0.2) is 29.9 Å². The Balaban J connectivity index is 1.52. The van der Waals surface area contributed by atoms with Gasteiger partial charge >= 0.3 is 0 Å². The van der Waals surface area contributed by atoms with Gasteiger partial charge in [-0.05, 0) is 17.5 Å². The maximum Gasteiger partial charge on any atom is 0.243 e. The van der Waals surface area contributed by atoms with Crippen molar-refractivity contribution in [3.63, 3.8) is 0 Å². The van der Waals surface area contributed by atoms with Crippen molar-refractivity contribution in [1.29, 1.82) is 0 Å². The molecule has 3 heterocycles. The van der Waals surface area contributed by atoms with Gasteiger partial charge in [-0.15, -0.1) is 11.3 Å². The molecule has 4 atom stereocenters. The number of thiazole rings is 1. The smallest absolute Gasteiger partial charge is 0.243 e. The molecule has 1 aromatic carbocycles. The van der Waals surface area contributed by atoms with Gasteiger partial charge in [-0.25, -0.2) is 0 Å². The van der Waals surface area contributed by atoms with E-state index in [1.807, 2.05) is 39.0 Å². The standard InChI is InChI=1S/C28H41N5O5S/c1-18(2)19(3)28(37)33-15-21(35)13-24(33)27(36)31-23(16-34)22-5-4-20(26-14-30-17-39-26)12-25(22)38-11-10-32-8-6-29-7-9-32/h4-5,12,14,17-19,21,23-24,29,34-35H,6-11,13,15-16H2,1-3H3,(H,31,36). The molecule has 0 aliphatic carbocycles. The first-order chi connectivity index (χ1) is 18.8. The number of likely N-dealkylation sites (tertiary alicyclic amines) is 1. The zero-order valence-corrected chi connectivity index (χ0v) is 23.8. The minimum absolute atomic E-state index is 0.113. The fourth-order valence-corrected chi connectivity index (χ4v) is 5.64. The van der Waals surface area contributed by atoms with Crippen LogP contribution in [0.2, 0.25) is 0 Å². The molecule has 2 saturated heterocycles. The van der Waals surface area contributed by atoms with E-state index in [1.165, 1.54) is 16.2 Å². The van der Waals surface area contributed by atoms with E-state index in [4.69, 9.17) is 4.74 Å². The summed E-state index contributed by atoms with van der Waals surface area (Å²) in [7, 11) is 0. The molecule has 2 amide bonds. The molecule has 0 saturated carbocycles. The minimum atomic E-state index is -0.795. The van der Waals surface area contributed by atoms with Crippen molar-refractivity contribution in [1.82, 2.24) is 25.4 Å². The van der Waals surface area contributed by atoms with Crippen molar-refractivity contribution in [3.8, 4) is 16.2 Å². The van der Waals surface area contributed by atoms with Gasteiger partial charge in [-0.2, -0.15) is 0 Å². The third-order valence-electron chi connectivity index (χ3n) is 7.73. The number of aliphatic hydroxyl groups excluding tert-OH is 2. The lowest BCUT2D eigenvalue weighted by atomic mass is 9.96. The molecule has 0 spiro atoms. The van der Waals surface area contributed by atoms with Crippen LogP contribution in [0.25, 0.3) is 10.4 Å². The number of ether oxygens (including phenoxy) is 1. The molecule has 10 nitrogen and oxygen atoms in total. The van der Waals surface area contributed by atoms with Crippen LogP contribution in [0.1, 0.15) is 38.8 Å². The molecule has 4 N–H and O–H groups in total. The van der Waals surface area contributed by atoms with Gasteiger partial charge < -0.3 is 30.5 Å². The van der Waals surface area contributed by atoms with Crippen molar-refractivity contribution < 1.29 is 24.5 Å². The van der Waals surface area contributed by atoms with E-state index in [0.717, 1.165) is 43.2 Å². The largest absolute Gasteiger partial charge is 0.492 e. The molecular formula is C28H41N5O5S. The maximum atomic E-state index is 13.4. The molecule has 1 aromatic heterocycles. The molecule has 214 valence electrons. The van der Waals surface area contributed by atoms with Crippen LogP contribution in [0.5, 0.6) is 5.75 Å². The summed E-state index contributed by atoms with van der Waals surface area (Å²) in [6, 6.07) is 4.19. The molecule has 4 unspecified atom stereocenters. The van der Waals surface area contributed by atoms with Crippen LogP contribution in [0.4, 0.5) is 0 Å². The highest BCUT2D eigenvalue weighted by Crippen LogP contribution is 2.33. The number of nitrogens with one attached hydrogen (secondary N) is 2. The summed E-state index contributed by atoms with van der Waals surface area (Å²) in [6.07, 6.45) is 1.20. The predicted molar refractivity (Wildman–Crippen MR) is 150 cm³/mol. The number of benzene rings is 1. The quantitative estimate of drug-likeness (QED) is 0.326. The van der Waals surface area contributed by atoms with Crippen LogP contribution in [0, 0.1) is 11.8 Å². The van der Waals surface area contributed by atoms with Gasteiger partial charge in [0.1, 0.15) is 18.4 Å². The van der Waals surface area contributed by atoms with Crippen molar-refractivity contribution in [2.75, 3.05) is 52.5 Å². The SMILES string of the molecule is CC(C)C(C)C(=O)N1CC(O)CC1C(=O)NC(CO)c1ccc(-c2cncs2)cc1OCCN1CCNCC1. The molecule has 4 rings (SSSR count). The number of rotatable bonds is 11. The molecule has 2 aliphatic rings. The summed E-state index contributed by atoms with van der Waals surface area (Å²) < 4.78 is 6.26. The molecule has 39 heavy (non-hydrogen) atoms. The lowest BCUT2D eigenvalue weighted by Crippen LogP contribution is -2.49. The third kappa shape index (κ3) is 7.34. The summed E-state index contributed by atoms with van der Waals surface area (Å²) in [5.74, 6) is -0.110. The Morgan fingerprint density at radius 3 is 2.69 bits per heavy atom. The summed E-state index contributed by atoms with van der Waals surface area (Å²) in [4.78, 5) is 35.5. The first-order valence-electron chi connectivity index (χ1n) is 13.8. The third-order valence-corrected chi connectivity index (χ3v) is 8.56.